The monoisotopic (exact) mass is 427 g/mol. The summed E-state index contributed by atoms with van der Waals surface area (Å²) in [5.74, 6) is -2.31. The van der Waals surface area contributed by atoms with Gasteiger partial charge in [0.05, 0.1) is 6.04 Å². The first-order valence-electron chi connectivity index (χ1n) is 8.52. The van der Waals surface area contributed by atoms with Crippen LogP contribution in [-0.2, 0) is 21.3 Å². The molecule has 158 valence electrons. The highest BCUT2D eigenvalue weighted by Gasteiger charge is 2.49. The van der Waals surface area contributed by atoms with Crippen molar-refractivity contribution in [3.8, 4) is 5.75 Å². The largest absolute Gasteiger partial charge is 0.534 e. The number of halogens is 4. The molecule has 0 bridgehead atoms. The van der Waals surface area contributed by atoms with Crippen molar-refractivity contribution in [1.82, 2.24) is 5.32 Å². The molecule has 1 amide bonds. The summed E-state index contributed by atoms with van der Waals surface area (Å²) in [5, 5.41) is 2.62. The maximum absolute atomic E-state index is 14.3. The molecular formula is C17H21F4NO5S. The minimum Gasteiger partial charge on any atom is -0.444 e. The molecular weight excluding hydrogens is 406 g/mol. The molecule has 0 fully saturated rings. The predicted molar refractivity (Wildman–Crippen MR) is 91.7 cm³/mol. The summed E-state index contributed by atoms with van der Waals surface area (Å²) in [6, 6.07) is 1.20. The number of nitrogens with one attached hydrogen (secondary N) is 1. The average molecular weight is 427 g/mol. The third kappa shape index (κ3) is 5.49. The summed E-state index contributed by atoms with van der Waals surface area (Å²) < 4.78 is 83.3. The van der Waals surface area contributed by atoms with Gasteiger partial charge in [-0.3, -0.25) is 0 Å². The lowest BCUT2D eigenvalue weighted by Gasteiger charge is -2.24. The van der Waals surface area contributed by atoms with Gasteiger partial charge in [0.25, 0.3) is 0 Å². The van der Waals surface area contributed by atoms with Gasteiger partial charge in [-0.15, -0.1) is 0 Å². The molecule has 0 radical (unpaired) electrons. The Kier molecular flexibility index (Phi) is 6.17. The Morgan fingerprint density at radius 3 is 2.39 bits per heavy atom. The van der Waals surface area contributed by atoms with Gasteiger partial charge in [0.2, 0.25) is 0 Å². The number of amides is 1. The second-order valence-electron chi connectivity index (χ2n) is 7.41. The minimum absolute atomic E-state index is 0.345. The van der Waals surface area contributed by atoms with Gasteiger partial charge in [0.1, 0.15) is 5.60 Å². The Labute approximate surface area is 160 Å². The van der Waals surface area contributed by atoms with Crippen molar-refractivity contribution in [2.75, 3.05) is 0 Å². The maximum atomic E-state index is 14.3. The van der Waals surface area contributed by atoms with Crippen LogP contribution in [0.4, 0.5) is 22.4 Å². The Bertz CT molecular complexity index is 846. The third-order valence-corrected chi connectivity index (χ3v) is 4.90. The highest BCUT2D eigenvalue weighted by Crippen LogP contribution is 2.35. The third-order valence-electron chi connectivity index (χ3n) is 3.93. The summed E-state index contributed by atoms with van der Waals surface area (Å²) >= 11 is 0. The molecule has 1 aromatic carbocycles. The molecule has 0 spiro atoms. The van der Waals surface area contributed by atoms with Crippen LogP contribution in [0.2, 0.25) is 0 Å². The number of fused-ring (bicyclic) bond motifs is 1. The fourth-order valence-electron chi connectivity index (χ4n) is 2.80. The van der Waals surface area contributed by atoms with Gasteiger partial charge in [-0.05, 0) is 63.3 Å². The summed E-state index contributed by atoms with van der Waals surface area (Å²) in [6.45, 7) is 5.04. The van der Waals surface area contributed by atoms with E-state index >= 15 is 0 Å². The van der Waals surface area contributed by atoms with Gasteiger partial charge in [-0.1, -0.05) is 6.42 Å². The first-order valence-corrected chi connectivity index (χ1v) is 9.93. The molecule has 1 aliphatic rings. The SMILES string of the molecule is CC(C)(C)OC(=O)NC1CCCCc2cc(OS(=O)(=O)C(F)(F)F)c(F)cc21. The van der Waals surface area contributed by atoms with E-state index in [0.717, 1.165) is 12.1 Å². The average Bonchev–Trinajstić information content (AvgIpc) is 2.67. The lowest BCUT2D eigenvalue weighted by molar-refractivity contribution is -0.0501. The van der Waals surface area contributed by atoms with Gasteiger partial charge in [-0.25, -0.2) is 9.18 Å². The number of aryl methyl sites for hydroxylation is 1. The lowest BCUT2D eigenvalue weighted by Crippen LogP contribution is -2.35. The van der Waals surface area contributed by atoms with Crippen LogP contribution >= 0.6 is 0 Å². The first-order chi connectivity index (χ1) is 12.7. The zero-order chi connectivity index (χ0) is 21.3. The van der Waals surface area contributed by atoms with E-state index in [1.54, 1.807) is 20.8 Å². The van der Waals surface area contributed by atoms with Crippen LogP contribution in [0.25, 0.3) is 0 Å². The molecule has 0 saturated heterocycles. The Balaban J connectivity index is 2.33. The minimum atomic E-state index is -5.99. The van der Waals surface area contributed by atoms with Crippen LogP contribution in [0.5, 0.6) is 5.75 Å². The number of carbonyl (C=O) groups is 1. The summed E-state index contributed by atoms with van der Waals surface area (Å²) in [4.78, 5) is 12.0. The van der Waals surface area contributed by atoms with Crippen molar-refractivity contribution < 1.29 is 39.7 Å². The lowest BCUT2D eigenvalue weighted by atomic mass is 9.98. The van der Waals surface area contributed by atoms with Crippen molar-refractivity contribution in [2.45, 2.75) is 63.6 Å². The second kappa shape index (κ2) is 7.76. The van der Waals surface area contributed by atoms with E-state index in [0.29, 0.717) is 36.8 Å². The molecule has 0 saturated carbocycles. The van der Waals surface area contributed by atoms with E-state index in [9.17, 15) is 30.8 Å². The van der Waals surface area contributed by atoms with Crippen LogP contribution in [0.1, 0.15) is 57.2 Å². The standard InChI is InChI=1S/C17H21F4NO5S/c1-16(2,3)26-15(23)22-13-7-5-4-6-10-8-14(12(18)9-11(10)13)27-28(24,25)17(19,20)21/h8-9,13H,4-7H2,1-3H3,(H,22,23). The molecule has 1 aliphatic carbocycles. The van der Waals surface area contributed by atoms with E-state index in [4.69, 9.17) is 4.74 Å². The number of alkyl carbamates (subject to hydrolysis) is 1. The van der Waals surface area contributed by atoms with E-state index < -0.39 is 44.9 Å². The molecule has 0 heterocycles. The zero-order valence-electron chi connectivity index (χ0n) is 15.5. The van der Waals surface area contributed by atoms with Gasteiger partial charge in [0.15, 0.2) is 11.6 Å². The fraction of sp³-hybridized carbons (Fsp3) is 0.588. The first kappa shape index (κ1) is 22.3. The quantitative estimate of drug-likeness (QED) is 0.336. The van der Waals surface area contributed by atoms with Crippen molar-refractivity contribution >= 4 is 16.2 Å². The molecule has 1 N–H and O–H groups in total. The molecule has 1 aromatic rings. The van der Waals surface area contributed by atoms with E-state index in [1.165, 1.54) is 0 Å². The molecule has 0 aliphatic heterocycles. The van der Waals surface area contributed by atoms with Crippen LogP contribution in [0.15, 0.2) is 12.1 Å². The van der Waals surface area contributed by atoms with Crippen molar-refractivity contribution in [1.29, 1.82) is 0 Å². The Morgan fingerprint density at radius 1 is 1.18 bits per heavy atom. The highest BCUT2D eigenvalue weighted by atomic mass is 32.2. The summed E-state index contributed by atoms with van der Waals surface area (Å²) in [6.07, 6.45) is 1.40. The number of rotatable bonds is 3. The Hall–Kier alpha value is -2.04. The molecule has 11 heteroatoms. The number of ether oxygens (including phenoxy) is 1. The highest BCUT2D eigenvalue weighted by molar-refractivity contribution is 7.88. The number of carbonyl (C=O) groups excluding carboxylic acids is 1. The van der Waals surface area contributed by atoms with E-state index in [2.05, 4.69) is 9.50 Å². The maximum Gasteiger partial charge on any atom is 0.534 e. The van der Waals surface area contributed by atoms with Gasteiger partial charge in [0, 0.05) is 0 Å². The Morgan fingerprint density at radius 2 is 1.82 bits per heavy atom. The van der Waals surface area contributed by atoms with Crippen LogP contribution in [0, 0.1) is 5.82 Å². The van der Waals surface area contributed by atoms with Crippen molar-refractivity contribution in [3.63, 3.8) is 0 Å². The molecule has 2 rings (SSSR count). The molecule has 28 heavy (non-hydrogen) atoms. The number of hydrogen-bond acceptors (Lipinski definition) is 5. The fourth-order valence-corrected chi connectivity index (χ4v) is 3.26. The van der Waals surface area contributed by atoms with E-state index in [-0.39, 0.29) is 0 Å². The number of benzene rings is 1. The van der Waals surface area contributed by atoms with Crippen LogP contribution < -0.4 is 9.50 Å². The summed E-state index contributed by atoms with van der Waals surface area (Å²) in [5.41, 5.74) is -5.68. The van der Waals surface area contributed by atoms with Gasteiger partial charge < -0.3 is 14.2 Å². The normalized spacial score (nSPS) is 18.0. The number of alkyl halides is 3. The smallest absolute Gasteiger partial charge is 0.444 e. The molecule has 1 atom stereocenters. The number of hydrogen-bond donors (Lipinski definition) is 1. The van der Waals surface area contributed by atoms with Crippen LogP contribution in [-0.4, -0.2) is 25.6 Å². The van der Waals surface area contributed by atoms with Crippen LogP contribution in [0.3, 0.4) is 0 Å². The summed E-state index contributed by atoms with van der Waals surface area (Å²) in [7, 11) is -5.99. The zero-order valence-corrected chi connectivity index (χ0v) is 16.3. The van der Waals surface area contributed by atoms with Gasteiger partial charge >= 0.3 is 21.7 Å². The van der Waals surface area contributed by atoms with Gasteiger partial charge in [-0.2, -0.15) is 21.6 Å². The molecule has 1 unspecified atom stereocenters. The van der Waals surface area contributed by atoms with E-state index in [1.807, 2.05) is 0 Å². The molecule has 6 nitrogen and oxygen atoms in total. The second-order valence-corrected chi connectivity index (χ2v) is 8.95. The van der Waals surface area contributed by atoms with Crippen molar-refractivity contribution in [3.05, 3.63) is 29.1 Å². The van der Waals surface area contributed by atoms with Crippen molar-refractivity contribution in [2.24, 2.45) is 0 Å². The topological polar surface area (TPSA) is 81.7 Å². The molecule has 0 aromatic heterocycles. The predicted octanol–water partition coefficient (Wildman–Crippen LogP) is 4.35.